The molecule has 11 rings (SSSR count). The SMILES string of the molecule is c1ccc2cccc(-c3cccc4oc5c6ccccc6c(N(C6=CC=C(c7ccc(-c8ccccc8)cc7)CC6)c6cccc7ccccc67)cc5c34)c2c#1. The van der Waals surface area contributed by atoms with Gasteiger partial charge in [-0.25, -0.2) is 0 Å². The topological polar surface area (TPSA) is 16.4 Å². The maximum absolute atomic E-state index is 6.84. The molecule has 0 amide bonds. The number of benzene rings is 8. The molecule has 9 aromatic carbocycles. The Balaban J connectivity index is 1.13. The Kier molecular flexibility index (Phi) is 7.57. The fourth-order valence-electron chi connectivity index (χ4n) is 8.76. The molecular formula is C54H35NO. The highest BCUT2D eigenvalue weighted by atomic mass is 16.3. The predicted molar refractivity (Wildman–Crippen MR) is 235 cm³/mol. The second kappa shape index (κ2) is 13.2. The van der Waals surface area contributed by atoms with E-state index in [0.29, 0.717) is 0 Å². The maximum atomic E-state index is 6.84. The molecule has 0 fully saturated rings. The fraction of sp³-hybridized carbons (Fsp3) is 0.0370. The Labute approximate surface area is 325 Å². The van der Waals surface area contributed by atoms with Gasteiger partial charge in [-0.3, -0.25) is 0 Å². The van der Waals surface area contributed by atoms with Crippen LogP contribution in [0.25, 0.3) is 82.1 Å². The van der Waals surface area contributed by atoms with Gasteiger partial charge in [-0.2, -0.15) is 0 Å². The first-order valence-electron chi connectivity index (χ1n) is 19.3. The first-order valence-corrected chi connectivity index (χ1v) is 19.3. The summed E-state index contributed by atoms with van der Waals surface area (Å²) in [6.45, 7) is 0. The van der Waals surface area contributed by atoms with Crippen molar-refractivity contribution in [2.75, 3.05) is 4.90 Å². The largest absolute Gasteiger partial charge is 0.455 e. The Hall–Kier alpha value is -7.34. The molecule has 0 atom stereocenters. The summed E-state index contributed by atoms with van der Waals surface area (Å²) in [5.41, 5.74) is 12.7. The van der Waals surface area contributed by atoms with Crippen molar-refractivity contribution in [1.29, 1.82) is 0 Å². The zero-order chi connectivity index (χ0) is 37.0. The van der Waals surface area contributed by atoms with E-state index in [1.54, 1.807) is 0 Å². The van der Waals surface area contributed by atoms with Gasteiger partial charge in [-0.15, -0.1) is 0 Å². The van der Waals surface area contributed by atoms with Crippen LogP contribution in [0.1, 0.15) is 18.4 Å². The Bertz CT molecular complexity index is 3170. The molecule has 1 aliphatic rings. The van der Waals surface area contributed by atoms with Crippen molar-refractivity contribution in [1.82, 2.24) is 0 Å². The normalized spacial score (nSPS) is 12.9. The van der Waals surface area contributed by atoms with Crippen molar-refractivity contribution in [3.63, 3.8) is 0 Å². The van der Waals surface area contributed by atoms with Crippen LogP contribution in [0.4, 0.5) is 11.4 Å². The highest BCUT2D eigenvalue weighted by Crippen LogP contribution is 2.48. The average Bonchev–Trinajstić information content (AvgIpc) is 3.66. The van der Waals surface area contributed by atoms with Crippen molar-refractivity contribution >= 4 is 71.2 Å². The van der Waals surface area contributed by atoms with Crippen molar-refractivity contribution in [2.45, 2.75) is 12.8 Å². The minimum Gasteiger partial charge on any atom is -0.455 e. The number of nitrogens with zero attached hydrogens (tertiary/aromatic N) is 1. The molecule has 262 valence electrons. The number of fused-ring (bicyclic) bond motifs is 7. The predicted octanol–water partition coefficient (Wildman–Crippen LogP) is 14.9. The minimum absolute atomic E-state index is 0.871. The third kappa shape index (κ3) is 5.29. The van der Waals surface area contributed by atoms with Gasteiger partial charge in [0.2, 0.25) is 0 Å². The number of rotatable bonds is 6. The molecule has 0 bridgehead atoms. The number of hydrogen-bond acceptors (Lipinski definition) is 2. The molecule has 0 saturated heterocycles. The van der Waals surface area contributed by atoms with Gasteiger partial charge in [-0.05, 0) is 93.4 Å². The van der Waals surface area contributed by atoms with Crippen LogP contribution in [0, 0.1) is 12.1 Å². The first kappa shape index (κ1) is 32.1. The molecule has 0 aliphatic heterocycles. The van der Waals surface area contributed by atoms with Gasteiger partial charge in [0.05, 0.1) is 11.4 Å². The van der Waals surface area contributed by atoms with E-state index in [-0.39, 0.29) is 0 Å². The molecule has 2 heteroatoms. The monoisotopic (exact) mass is 713 g/mol. The average molecular weight is 714 g/mol. The van der Waals surface area contributed by atoms with Crippen molar-refractivity contribution in [3.05, 3.63) is 211 Å². The molecular weight excluding hydrogens is 679 g/mol. The third-order valence-electron chi connectivity index (χ3n) is 11.4. The molecule has 2 nitrogen and oxygen atoms in total. The summed E-state index contributed by atoms with van der Waals surface area (Å²) in [5, 5.41) is 9.07. The van der Waals surface area contributed by atoms with Gasteiger partial charge >= 0.3 is 0 Å². The van der Waals surface area contributed by atoms with Crippen molar-refractivity contribution in [2.24, 2.45) is 0 Å². The Morgan fingerprint density at radius 1 is 0.482 bits per heavy atom. The Morgan fingerprint density at radius 2 is 1.18 bits per heavy atom. The smallest absolute Gasteiger partial charge is 0.143 e. The number of hydrogen-bond donors (Lipinski definition) is 0. The summed E-state index contributed by atoms with van der Waals surface area (Å²) in [7, 11) is 0. The van der Waals surface area contributed by atoms with Crippen LogP contribution in [0.2, 0.25) is 0 Å². The van der Waals surface area contributed by atoms with Crippen LogP contribution in [0.5, 0.6) is 0 Å². The standard InChI is InChI=1S/C54H35NO/c1-2-13-36(14-3-1)37-27-29-38(30-28-37)39-31-33-42(34-32-39)55(50-25-11-18-41-16-5-7-20-44(41)50)51-35-49-53-47(45-23-10-17-40-15-4-6-19-43(40)45)24-12-26-52(53)56-54(49)48-22-9-8-21-46(48)51/h1-5,7-18,20-31,33,35H,32,34H2. The Morgan fingerprint density at radius 3 is 2.04 bits per heavy atom. The lowest BCUT2D eigenvalue weighted by atomic mass is 9.92. The lowest BCUT2D eigenvalue weighted by molar-refractivity contribution is 0.673. The molecule has 0 N–H and O–H groups in total. The van der Waals surface area contributed by atoms with E-state index in [4.69, 9.17) is 4.42 Å². The van der Waals surface area contributed by atoms with Gasteiger partial charge < -0.3 is 9.32 Å². The molecule has 10 aromatic rings. The zero-order valence-electron chi connectivity index (χ0n) is 30.7. The van der Waals surface area contributed by atoms with Crippen LogP contribution in [0.15, 0.2) is 198 Å². The summed E-state index contributed by atoms with van der Waals surface area (Å²) in [4.78, 5) is 2.51. The molecule has 1 heterocycles. The van der Waals surface area contributed by atoms with Gasteiger partial charge in [0, 0.05) is 38.0 Å². The fourth-order valence-corrected chi connectivity index (χ4v) is 8.76. The van der Waals surface area contributed by atoms with E-state index < -0.39 is 0 Å². The summed E-state index contributed by atoms with van der Waals surface area (Å²) < 4.78 is 6.84. The van der Waals surface area contributed by atoms with Crippen molar-refractivity contribution in [3.8, 4) is 22.3 Å². The molecule has 0 saturated carbocycles. The molecule has 1 aromatic heterocycles. The lowest BCUT2D eigenvalue weighted by Gasteiger charge is -2.32. The van der Waals surface area contributed by atoms with E-state index in [9.17, 15) is 0 Å². The zero-order valence-corrected chi connectivity index (χ0v) is 30.7. The van der Waals surface area contributed by atoms with Gasteiger partial charge in [0.15, 0.2) is 0 Å². The second-order valence-corrected chi connectivity index (χ2v) is 14.6. The summed E-state index contributed by atoms with van der Waals surface area (Å²) >= 11 is 0. The van der Waals surface area contributed by atoms with Crippen LogP contribution in [0.3, 0.4) is 0 Å². The molecule has 0 unspecified atom stereocenters. The van der Waals surface area contributed by atoms with Gasteiger partial charge in [0.1, 0.15) is 11.2 Å². The van der Waals surface area contributed by atoms with E-state index in [0.717, 1.165) is 78.8 Å². The van der Waals surface area contributed by atoms with Crippen LogP contribution >= 0.6 is 0 Å². The van der Waals surface area contributed by atoms with Crippen molar-refractivity contribution < 1.29 is 4.42 Å². The highest BCUT2D eigenvalue weighted by Gasteiger charge is 2.25. The van der Waals surface area contributed by atoms with E-state index >= 15 is 0 Å². The van der Waals surface area contributed by atoms with E-state index in [2.05, 4.69) is 199 Å². The summed E-state index contributed by atoms with van der Waals surface area (Å²) in [6, 6.07) is 69.6. The summed E-state index contributed by atoms with van der Waals surface area (Å²) in [6.07, 6.45) is 6.49. The third-order valence-corrected chi connectivity index (χ3v) is 11.4. The van der Waals surface area contributed by atoms with Crippen LogP contribution < -0.4 is 4.90 Å². The molecule has 0 radical (unpaired) electrons. The minimum atomic E-state index is 0.871. The lowest BCUT2D eigenvalue weighted by Crippen LogP contribution is -2.18. The van der Waals surface area contributed by atoms with Gasteiger partial charge in [0.25, 0.3) is 0 Å². The summed E-state index contributed by atoms with van der Waals surface area (Å²) in [5.74, 6) is 0. The van der Waals surface area contributed by atoms with E-state index in [1.807, 2.05) is 6.07 Å². The number of anilines is 2. The maximum Gasteiger partial charge on any atom is 0.143 e. The number of furan rings is 1. The van der Waals surface area contributed by atoms with Crippen LogP contribution in [-0.4, -0.2) is 0 Å². The number of allylic oxidation sites excluding steroid dienone is 4. The quantitative estimate of drug-likeness (QED) is 0.171. The highest BCUT2D eigenvalue weighted by molar-refractivity contribution is 6.23. The first-order chi connectivity index (χ1) is 27.8. The van der Waals surface area contributed by atoms with Crippen LogP contribution in [-0.2, 0) is 0 Å². The molecule has 56 heavy (non-hydrogen) atoms. The molecule has 1 aliphatic carbocycles. The molecule has 0 spiro atoms. The van der Waals surface area contributed by atoms with E-state index in [1.165, 1.54) is 38.7 Å². The second-order valence-electron chi connectivity index (χ2n) is 14.6. The van der Waals surface area contributed by atoms with Gasteiger partial charge in [-0.1, -0.05) is 164 Å².